The molecule has 1 nitrogen and oxygen atoms in total. The summed E-state index contributed by atoms with van der Waals surface area (Å²) in [6, 6.07) is 13.4. The molecule has 90 valence electrons. The third-order valence-corrected chi connectivity index (χ3v) is 4.27. The summed E-state index contributed by atoms with van der Waals surface area (Å²) in [7, 11) is 0. The molecular weight excluding hydrogens is 218 g/mol. The second kappa shape index (κ2) is 3.88. The normalized spacial score (nSPS) is 16.2. The highest BCUT2D eigenvalue weighted by Gasteiger charge is 2.22. The van der Waals surface area contributed by atoms with Crippen LogP contribution in [0, 0.1) is 0 Å². The Hall–Kier alpha value is -1.76. The van der Waals surface area contributed by atoms with Gasteiger partial charge in [0.1, 0.15) is 0 Å². The lowest BCUT2D eigenvalue weighted by atomic mass is 9.96. The minimum absolute atomic E-state index is 1.12. The Morgan fingerprint density at radius 3 is 2.78 bits per heavy atom. The summed E-state index contributed by atoms with van der Waals surface area (Å²) in [5, 5.41) is 3.58. The summed E-state index contributed by atoms with van der Waals surface area (Å²) in [4.78, 5) is 0. The summed E-state index contributed by atoms with van der Waals surface area (Å²) >= 11 is 0. The molecular formula is C17H17N. The zero-order valence-electron chi connectivity index (χ0n) is 10.5. The molecule has 1 heterocycles. The summed E-state index contributed by atoms with van der Waals surface area (Å²) in [6.45, 7) is 1.12. The van der Waals surface area contributed by atoms with E-state index in [0.29, 0.717) is 0 Å². The van der Waals surface area contributed by atoms with E-state index in [2.05, 4.69) is 41.7 Å². The number of hydrogen-bond acceptors (Lipinski definition) is 1. The van der Waals surface area contributed by atoms with Gasteiger partial charge in [-0.25, -0.2) is 0 Å². The first-order chi connectivity index (χ1) is 8.93. The van der Waals surface area contributed by atoms with Crippen molar-refractivity contribution in [1.29, 1.82) is 0 Å². The molecule has 2 aromatic rings. The Morgan fingerprint density at radius 1 is 0.833 bits per heavy atom. The van der Waals surface area contributed by atoms with E-state index in [0.717, 1.165) is 13.0 Å². The maximum Gasteiger partial charge on any atom is 0.0376 e. The van der Waals surface area contributed by atoms with Crippen molar-refractivity contribution in [3.05, 3.63) is 53.1 Å². The van der Waals surface area contributed by atoms with E-state index in [-0.39, 0.29) is 0 Å². The van der Waals surface area contributed by atoms with Crippen LogP contribution in [0.5, 0.6) is 0 Å². The molecule has 1 aliphatic carbocycles. The molecule has 1 aliphatic heterocycles. The molecule has 1 heteroatoms. The largest absolute Gasteiger partial charge is 0.385 e. The molecule has 2 aliphatic rings. The Bertz CT molecular complexity index is 613. The molecule has 18 heavy (non-hydrogen) atoms. The quantitative estimate of drug-likeness (QED) is 0.621. The number of fused-ring (bicyclic) bond motifs is 5. The van der Waals surface area contributed by atoms with Crippen LogP contribution < -0.4 is 5.32 Å². The Morgan fingerprint density at radius 2 is 1.78 bits per heavy atom. The zero-order valence-corrected chi connectivity index (χ0v) is 10.5. The molecule has 1 N–H and O–H groups in total. The molecule has 0 spiro atoms. The lowest BCUT2D eigenvalue weighted by molar-refractivity contribution is 0.782. The van der Waals surface area contributed by atoms with Gasteiger partial charge in [0, 0.05) is 12.2 Å². The monoisotopic (exact) mass is 235 g/mol. The SMILES string of the molecule is c1ccc2c(c1)Cc1c-2ccc2c1CCCCN2. The van der Waals surface area contributed by atoms with Gasteiger partial charge in [-0.05, 0) is 59.6 Å². The number of hydrogen-bond donors (Lipinski definition) is 1. The van der Waals surface area contributed by atoms with Crippen LogP contribution in [0.4, 0.5) is 5.69 Å². The average molecular weight is 235 g/mol. The zero-order chi connectivity index (χ0) is 11.9. The van der Waals surface area contributed by atoms with Crippen LogP contribution in [0.2, 0.25) is 0 Å². The van der Waals surface area contributed by atoms with Crippen molar-refractivity contribution < 1.29 is 0 Å². The maximum atomic E-state index is 3.58. The van der Waals surface area contributed by atoms with Crippen LogP contribution in [0.25, 0.3) is 11.1 Å². The van der Waals surface area contributed by atoms with Gasteiger partial charge in [0.25, 0.3) is 0 Å². The van der Waals surface area contributed by atoms with Crippen LogP contribution in [0.3, 0.4) is 0 Å². The van der Waals surface area contributed by atoms with Crippen LogP contribution in [-0.4, -0.2) is 6.54 Å². The van der Waals surface area contributed by atoms with Gasteiger partial charge in [0.15, 0.2) is 0 Å². The van der Waals surface area contributed by atoms with Crippen molar-refractivity contribution in [3.63, 3.8) is 0 Å². The molecule has 0 aromatic heterocycles. The first kappa shape index (κ1) is 10.2. The van der Waals surface area contributed by atoms with Gasteiger partial charge in [-0.3, -0.25) is 0 Å². The fourth-order valence-corrected chi connectivity index (χ4v) is 3.38. The highest BCUT2D eigenvalue weighted by atomic mass is 14.9. The Kier molecular flexibility index (Phi) is 2.19. The number of nitrogens with one attached hydrogen (secondary N) is 1. The molecule has 0 fully saturated rings. The predicted octanol–water partition coefficient (Wildman–Crippen LogP) is 4.01. The summed E-state index contributed by atoms with van der Waals surface area (Å²) in [6.07, 6.45) is 4.96. The summed E-state index contributed by atoms with van der Waals surface area (Å²) < 4.78 is 0. The van der Waals surface area contributed by atoms with E-state index in [4.69, 9.17) is 0 Å². The van der Waals surface area contributed by atoms with Gasteiger partial charge in [-0.15, -0.1) is 0 Å². The third-order valence-electron chi connectivity index (χ3n) is 4.27. The van der Waals surface area contributed by atoms with Gasteiger partial charge in [0.2, 0.25) is 0 Å². The van der Waals surface area contributed by atoms with Crippen LogP contribution in [-0.2, 0) is 12.8 Å². The predicted molar refractivity (Wildman–Crippen MR) is 76.1 cm³/mol. The molecule has 0 saturated carbocycles. The van der Waals surface area contributed by atoms with Crippen LogP contribution >= 0.6 is 0 Å². The van der Waals surface area contributed by atoms with E-state index < -0.39 is 0 Å². The van der Waals surface area contributed by atoms with Crippen molar-refractivity contribution in [1.82, 2.24) is 0 Å². The fraction of sp³-hybridized carbons (Fsp3) is 0.294. The average Bonchev–Trinajstić information content (AvgIpc) is 2.62. The van der Waals surface area contributed by atoms with Crippen LogP contribution in [0.15, 0.2) is 36.4 Å². The summed E-state index contributed by atoms with van der Waals surface area (Å²) in [5.41, 5.74) is 8.92. The molecule has 2 aromatic carbocycles. The minimum atomic E-state index is 1.12. The molecule has 0 unspecified atom stereocenters. The minimum Gasteiger partial charge on any atom is -0.385 e. The number of rotatable bonds is 0. The van der Waals surface area contributed by atoms with E-state index in [1.807, 2.05) is 0 Å². The molecule has 0 amide bonds. The van der Waals surface area contributed by atoms with E-state index in [1.54, 1.807) is 11.1 Å². The van der Waals surface area contributed by atoms with Crippen molar-refractivity contribution >= 4 is 5.69 Å². The van der Waals surface area contributed by atoms with E-state index >= 15 is 0 Å². The molecule has 4 rings (SSSR count). The first-order valence-electron chi connectivity index (χ1n) is 6.90. The van der Waals surface area contributed by atoms with Crippen molar-refractivity contribution in [2.24, 2.45) is 0 Å². The second-order valence-corrected chi connectivity index (χ2v) is 5.34. The highest BCUT2D eigenvalue weighted by Crippen LogP contribution is 2.41. The second-order valence-electron chi connectivity index (χ2n) is 5.34. The standard InChI is InChI=1S/C17H17N/c1-2-6-13-12(5-1)11-16-14(13)8-9-17-15(16)7-3-4-10-18-17/h1-2,5-6,8-9,18H,3-4,7,10-11H2. The molecule has 0 bridgehead atoms. The Labute approximate surface area is 108 Å². The molecule has 0 radical (unpaired) electrons. The van der Waals surface area contributed by atoms with Crippen LogP contribution in [0.1, 0.15) is 29.5 Å². The smallest absolute Gasteiger partial charge is 0.0376 e. The van der Waals surface area contributed by atoms with Crippen molar-refractivity contribution in [3.8, 4) is 11.1 Å². The van der Waals surface area contributed by atoms with Crippen molar-refractivity contribution in [2.75, 3.05) is 11.9 Å². The first-order valence-corrected chi connectivity index (χ1v) is 6.90. The van der Waals surface area contributed by atoms with Gasteiger partial charge in [-0.2, -0.15) is 0 Å². The van der Waals surface area contributed by atoms with E-state index in [9.17, 15) is 0 Å². The van der Waals surface area contributed by atoms with E-state index in [1.165, 1.54) is 41.6 Å². The molecule has 0 atom stereocenters. The number of anilines is 1. The fourth-order valence-electron chi connectivity index (χ4n) is 3.38. The lowest BCUT2D eigenvalue weighted by Gasteiger charge is -2.12. The van der Waals surface area contributed by atoms with Gasteiger partial charge < -0.3 is 5.32 Å². The van der Waals surface area contributed by atoms with Gasteiger partial charge in [0.05, 0.1) is 0 Å². The van der Waals surface area contributed by atoms with Gasteiger partial charge in [-0.1, -0.05) is 30.3 Å². The Balaban J connectivity index is 1.92. The summed E-state index contributed by atoms with van der Waals surface area (Å²) in [5.74, 6) is 0. The molecule has 0 saturated heterocycles. The van der Waals surface area contributed by atoms with Gasteiger partial charge >= 0.3 is 0 Å². The lowest BCUT2D eigenvalue weighted by Crippen LogP contribution is -2.01. The highest BCUT2D eigenvalue weighted by molar-refractivity contribution is 5.81. The van der Waals surface area contributed by atoms with Crippen molar-refractivity contribution in [2.45, 2.75) is 25.7 Å². The maximum absolute atomic E-state index is 3.58. The number of benzene rings is 2. The topological polar surface area (TPSA) is 12.0 Å². The third kappa shape index (κ3) is 1.40.